The molecule has 0 radical (unpaired) electrons. The third-order valence-electron chi connectivity index (χ3n) is 1.31. The highest BCUT2D eigenvalue weighted by molar-refractivity contribution is 7.11. The van der Waals surface area contributed by atoms with E-state index in [1.807, 2.05) is 0 Å². The van der Waals surface area contributed by atoms with Gasteiger partial charge in [0, 0.05) is 0 Å². The maximum Gasteiger partial charge on any atom is 0.411 e. The van der Waals surface area contributed by atoms with Crippen molar-refractivity contribution < 1.29 is 17.9 Å². The predicted molar refractivity (Wildman–Crippen MR) is 49.9 cm³/mol. The molecule has 0 saturated heterocycles. The first kappa shape index (κ1) is 12.7. The molecule has 0 aromatic carbocycles. The van der Waals surface area contributed by atoms with Gasteiger partial charge >= 0.3 is 6.18 Å². The highest BCUT2D eigenvalue weighted by Crippen LogP contribution is 2.23. The van der Waals surface area contributed by atoms with Crippen LogP contribution < -0.4 is 0 Å². The molecule has 0 aliphatic carbocycles. The molecule has 3 nitrogen and oxygen atoms in total. The van der Waals surface area contributed by atoms with E-state index in [2.05, 4.69) is 14.9 Å². The minimum absolute atomic E-state index is 0.194. The Morgan fingerprint density at radius 1 is 1.47 bits per heavy atom. The van der Waals surface area contributed by atoms with E-state index in [1.54, 1.807) is 6.92 Å². The zero-order valence-corrected chi connectivity index (χ0v) is 9.29. The van der Waals surface area contributed by atoms with Gasteiger partial charge in [0.05, 0.1) is 5.38 Å². The highest BCUT2D eigenvalue weighted by atomic mass is 35.5. The Hall–Kier alpha value is -0.400. The van der Waals surface area contributed by atoms with Crippen molar-refractivity contribution in [2.45, 2.75) is 25.1 Å². The quantitative estimate of drug-likeness (QED) is 0.781. The minimum Gasteiger partial charge on any atom is -0.365 e. The molecule has 0 aliphatic rings. The van der Waals surface area contributed by atoms with Crippen LogP contribution in [0.2, 0.25) is 0 Å². The SMILES string of the molecule is CC(Cl)c1nnc(COCC(F)(F)F)s1. The van der Waals surface area contributed by atoms with E-state index in [0.717, 1.165) is 11.3 Å². The van der Waals surface area contributed by atoms with Gasteiger partial charge in [-0.3, -0.25) is 0 Å². The van der Waals surface area contributed by atoms with Gasteiger partial charge in [-0.2, -0.15) is 13.2 Å². The van der Waals surface area contributed by atoms with Gasteiger partial charge in [0.1, 0.15) is 23.2 Å². The van der Waals surface area contributed by atoms with Gasteiger partial charge in [0.15, 0.2) is 0 Å². The summed E-state index contributed by atoms with van der Waals surface area (Å²) < 4.78 is 39.6. The molecule has 1 atom stereocenters. The molecule has 0 aliphatic heterocycles. The third-order valence-corrected chi connectivity index (χ3v) is 2.73. The summed E-state index contributed by atoms with van der Waals surface area (Å²) in [6.07, 6.45) is -4.31. The van der Waals surface area contributed by atoms with Crippen LogP contribution in [0.1, 0.15) is 22.3 Å². The Kier molecular flexibility index (Phi) is 4.30. The first-order chi connectivity index (χ1) is 6.88. The molecule has 0 spiro atoms. The molecule has 15 heavy (non-hydrogen) atoms. The molecule has 1 heterocycles. The third kappa shape index (κ3) is 4.76. The first-order valence-electron chi connectivity index (χ1n) is 3.99. The Morgan fingerprint density at radius 2 is 2.13 bits per heavy atom. The fourth-order valence-corrected chi connectivity index (χ4v) is 1.63. The van der Waals surface area contributed by atoms with Crippen molar-refractivity contribution in [1.82, 2.24) is 10.2 Å². The van der Waals surface area contributed by atoms with Crippen LogP contribution in [0.15, 0.2) is 0 Å². The lowest BCUT2D eigenvalue weighted by atomic mass is 10.5. The molecule has 0 bridgehead atoms. The largest absolute Gasteiger partial charge is 0.411 e. The summed E-state index contributed by atoms with van der Waals surface area (Å²) >= 11 is 6.86. The monoisotopic (exact) mass is 260 g/mol. The van der Waals surface area contributed by atoms with Gasteiger partial charge < -0.3 is 4.74 Å². The van der Waals surface area contributed by atoms with Gasteiger partial charge in [-0.25, -0.2) is 0 Å². The van der Waals surface area contributed by atoms with Crippen LogP contribution in [0.25, 0.3) is 0 Å². The van der Waals surface area contributed by atoms with E-state index in [1.165, 1.54) is 0 Å². The summed E-state index contributed by atoms with van der Waals surface area (Å²) in [5.74, 6) is 0. The van der Waals surface area contributed by atoms with Gasteiger partial charge in [-0.15, -0.1) is 21.8 Å². The molecule has 8 heteroatoms. The van der Waals surface area contributed by atoms with Gasteiger partial charge in [0.2, 0.25) is 0 Å². The van der Waals surface area contributed by atoms with Crippen LogP contribution in [0.3, 0.4) is 0 Å². The van der Waals surface area contributed by atoms with Crippen molar-refractivity contribution >= 4 is 22.9 Å². The number of nitrogens with zero attached hydrogens (tertiary/aromatic N) is 2. The van der Waals surface area contributed by atoms with Crippen molar-refractivity contribution in [1.29, 1.82) is 0 Å². The number of ether oxygens (including phenoxy) is 1. The Labute approximate surface area is 93.2 Å². The van der Waals surface area contributed by atoms with Crippen LogP contribution >= 0.6 is 22.9 Å². The molecule has 1 rings (SSSR count). The van der Waals surface area contributed by atoms with Crippen LogP contribution in [0.4, 0.5) is 13.2 Å². The molecule has 1 unspecified atom stereocenters. The minimum atomic E-state index is -4.31. The molecule has 0 fully saturated rings. The van der Waals surface area contributed by atoms with Gasteiger partial charge in [-0.1, -0.05) is 11.3 Å². The van der Waals surface area contributed by atoms with Crippen molar-refractivity contribution in [3.05, 3.63) is 10.0 Å². The van der Waals surface area contributed by atoms with E-state index in [9.17, 15) is 13.2 Å². The zero-order chi connectivity index (χ0) is 11.5. The van der Waals surface area contributed by atoms with Crippen molar-refractivity contribution in [2.75, 3.05) is 6.61 Å². The van der Waals surface area contributed by atoms with Crippen molar-refractivity contribution in [2.24, 2.45) is 0 Å². The number of rotatable bonds is 4. The standard InChI is InChI=1S/C7H8ClF3N2OS/c1-4(8)6-13-12-5(15-6)2-14-3-7(9,10)11/h4H,2-3H2,1H3. The maximum atomic E-state index is 11.7. The fourth-order valence-electron chi connectivity index (χ4n) is 0.740. The van der Waals surface area contributed by atoms with Crippen LogP contribution in [0.5, 0.6) is 0 Å². The molecule has 0 amide bonds. The van der Waals surface area contributed by atoms with Crippen LogP contribution in [-0.4, -0.2) is 23.0 Å². The number of hydrogen-bond acceptors (Lipinski definition) is 4. The van der Waals surface area contributed by atoms with E-state index < -0.39 is 12.8 Å². The van der Waals surface area contributed by atoms with Crippen LogP contribution in [-0.2, 0) is 11.3 Å². The van der Waals surface area contributed by atoms with Crippen LogP contribution in [0, 0.1) is 0 Å². The van der Waals surface area contributed by atoms with E-state index in [-0.39, 0.29) is 12.0 Å². The Balaban J connectivity index is 2.38. The van der Waals surface area contributed by atoms with Crippen molar-refractivity contribution in [3.63, 3.8) is 0 Å². The maximum absolute atomic E-state index is 11.7. The van der Waals surface area contributed by atoms with Gasteiger partial charge in [-0.05, 0) is 6.92 Å². The average Bonchev–Trinajstić information content (AvgIpc) is 2.50. The Morgan fingerprint density at radius 3 is 2.60 bits per heavy atom. The smallest absolute Gasteiger partial charge is 0.365 e. The summed E-state index contributed by atoms with van der Waals surface area (Å²) in [4.78, 5) is 0. The number of hydrogen-bond donors (Lipinski definition) is 0. The molecule has 0 N–H and O–H groups in total. The highest BCUT2D eigenvalue weighted by Gasteiger charge is 2.27. The number of aromatic nitrogens is 2. The molecular weight excluding hydrogens is 253 g/mol. The summed E-state index contributed by atoms with van der Waals surface area (Å²) in [6, 6.07) is 0. The normalized spacial score (nSPS) is 14.2. The lowest BCUT2D eigenvalue weighted by molar-refractivity contribution is -0.176. The Bertz CT molecular complexity index is 315. The summed E-state index contributed by atoms with van der Waals surface area (Å²) in [5.41, 5.74) is 0. The lowest BCUT2D eigenvalue weighted by Crippen LogP contribution is -2.16. The van der Waals surface area contributed by atoms with Gasteiger partial charge in [0.25, 0.3) is 0 Å². The summed E-state index contributed by atoms with van der Waals surface area (Å²) in [5, 5.41) is 8.02. The lowest BCUT2D eigenvalue weighted by Gasteiger charge is -2.04. The predicted octanol–water partition coefficient (Wildman–Crippen LogP) is 2.92. The molecule has 1 aromatic rings. The molecule has 86 valence electrons. The van der Waals surface area contributed by atoms with Crippen molar-refractivity contribution in [3.8, 4) is 0 Å². The fraction of sp³-hybridized carbons (Fsp3) is 0.714. The summed E-state index contributed by atoms with van der Waals surface area (Å²) in [6.45, 7) is 0.238. The second kappa shape index (κ2) is 5.09. The average molecular weight is 261 g/mol. The number of alkyl halides is 4. The molecule has 0 saturated carbocycles. The zero-order valence-electron chi connectivity index (χ0n) is 7.71. The summed E-state index contributed by atoms with van der Waals surface area (Å²) in [7, 11) is 0. The van der Waals surface area contributed by atoms with E-state index in [4.69, 9.17) is 11.6 Å². The van der Waals surface area contributed by atoms with E-state index >= 15 is 0 Å². The second-order valence-electron chi connectivity index (χ2n) is 2.76. The molecular formula is C7H8ClF3N2OS. The topological polar surface area (TPSA) is 35.0 Å². The molecule has 1 aromatic heterocycles. The first-order valence-corrected chi connectivity index (χ1v) is 5.24. The van der Waals surface area contributed by atoms with E-state index in [0.29, 0.717) is 10.0 Å². The number of halogens is 4. The second-order valence-corrected chi connectivity index (χ2v) is 4.51.